The highest BCUT2D eigenvalue weighted by Gasteiger charge is 2.15. The predicted molar refractivity (Wildman–Crippen MR) is 113 cm³/mol. The fourth-order valence-corrected chi connectivity index (χ4v) is 3.19. The number of hydrogen-bond donors (Lipinski definition) is 1. The van der Waals surface area contributed by atoms with Crippen LogP contribution in [-0.2, 0) is 6.42 Å². The van der Waals surface area contributed by atoms with Gasteiger partial charge in [-0.2, -0.15) is 0 Å². The van der Waals surface area contributed by atoms with E-state index in [4.69, 9.17) is 24.7 Å². The van der Waals surface area contributed by atoms with Crippen LogP contribution in [0.25, 0.3) is 10.8 Å². The molecular weight excluding hydrogens is 380 g/mol. The van der Waals surface area contributed by atoms with Crippen molar-refractivity contribution in [3.8, 4) is 23.0 Å². The summed E-state index contributed by atoms with van der Waals surface area (Å²) < 4.78 is 21.9. The summed E-state index contributed by atoms with van der Waals surface area (Å²) in [6.07, 6.45) is 4.27. The van der Waals surface area contributed by atoms with E-state index in [0.29, 0.717) is 41.7 Å². The van der Waals surface area contributed by atoms with Gasteiger partial charge in [-0.15, -0.1) is 12.4 Å². The van der Waals surface area contributed by atoms with Gasteiger partial charge in [0.05, 0.1) is 33.6 Å². The van der Waals surface area contributed by atoms with Gasteiger partial charge in [0.1, 0.15) is 5.75 Å². The van der Waals surface area contributed by atoms with Gasteiger partial charge in [0.25, 0.3) is 0 Å². The van der Waals surface area contributed by atoms with Crippen LogP contribution in [0.4, 0.5) is 5.69 Å². The molecule has 0 unspecified atom stereocenters. The van der Waals surface area contributed by atoms with Crippen molar-refractivity contribution >= 4 is 28.9 Å². The minimum Gasteiger partial charge on any atom is -0.493 e. The van der Waals surface area contributed by atoms with Gasteiger partial charge in [0.2, 0.25) is 5.75 Å². The maximum Gasteiger partial charge on any atom is 0.203 e. The Morgan fingerprint density at radius 2 is 1.57 bits per heavy atom. The van der Waals surface area contributed by atoms with Gasteiger partial charge >= 0.3 is 0 Å². The Morgan fingerprint density at radius 3 is 2.14 bits per heavy atom. The van der Waals surface area contributed by atoms with Gasteiger partial charge in [-0.3, -0.25) is 4.98 Å². The van der Waals surface area contributed by atoms with E-state index in [2.05, 4.69) is 4.98 Å². The maximum atomic E-state index is 6.27. The standard InChI is InChI=1S/C21H24N2O4.ClH/c1-5-27-17-7-6-15-14(11-23-12-16(15)20(17)22)8-13-9-18(24-2)21(26-4)19(10-13)25-3;/h6-7,9-12H,5,8,22H2,1-4H3;1H. The summed E-state index contributed by atoms with van der Waals surface area (Å²) in [4.78, 5) is 4.37. The number of methoxy groups -OCH3 is 3. The minimum atomic E-state index is 0. The Kier molecular flexibility index (Phi) is 7.18. The van der Waals surface area contributed by atoms with Crippen LogP contribution in [0.1, 0.15) is 18.1 Å². The number of halogens is 1. The number of anilines is 1. The van der Waals surface area contributed by atoms with E-state index in [1.165, 1.54) is 0 Å². The number of pyridine rings is 1. The Hall–Kier alpha value is -2.86. The van der Waals surface area contributed by atoms with Crippen LogP contribution in [0.2, 0.25) is 0 Å². The molecule has 2 N–H and O–H groups in total. The molecule has 0 fully saturated rings. The van der Waals surface area contributed by atoms with Gasteiger partial charge in [-0.1, -0.05) is 6.07 Å². The third-order valence-electron chi connectivity index (χ3n) is 4.45. The summed E-state index contributed by atoms with van der Waals surface area (Å²) >= 11 is 0. The average Bonchev–Trinajstić information content (AvgIpc) is 2.69. The van der Waals surface area contributed by atoms with Crippen LogP contribution in [0.5, 0.6) is 23.0 Å². The van der Waals surface area contributed by atoms with Gasteiger partial charge in [-0.25, -0.2) is 0 Å². The van der Waals surface area contributed by atoms with Crippen molar-refractivity contribution in [1.29, 1.82) is 0 Å². The molecule has 0 bridgehead atoms. The maximum absolute atomic E-state index is 6.27. The quantitative estimate of drug-likeness (QED) is 0.593. The Balaban J connectivity index is 0.00000280. The van der Waals surface area contributed by atoms with Crippen LogP contribution >= 0.6 is 12.4 Å². The van der Waals surface area contributed by atoms with E-state index in [9.17, 15) is 0 Å². The van der Waals surface area contributed by atoms with Crippen molar-refractivity contribution < 1.29 is 18.9 Å². The van der Waals surface area contributed by atoms with Crippen molar-refractivity contribution in [2.24, 2.45) is 0 Å². The third-order valence-corrected chi connectivity index (χ3v) is 4.45. The lowest BCUT2D eigenvalue weighted by Crippen LogP contribution is -2.00. The molecule has 6 nitrogen and oxygen atoms in total. The number of nitrogen functional groups attached to an aromatic ring is 1. The molecule has 0 aliphatic carbocycles. The highest BCUT2D eigenvalue weighted by molar-refractivity contribution is 5.97. The highest BCUT2D eigenvalue weighted by atomic mass is 35.5. The van der Waals surface area contributed by atoms with Crippen molar-refractivity contribution in [2.45, 2.75) is 13.3 Å². The zero-order valence-electron chi connectivity index (χ0n) is 16.4. The van der Waals surface area contributed by atoms with E-state index in [0.717, 1.165) is 21.9 Å². The summed E-state index contributed by atoms with van der Waals surface area (Å²) in [5.41, 5.74) is 8.95. The molecule has 0 aliphatic heterocycles. The molecule has 0 aliphatic rings. The summed E-state index contributed by atoms with van der Waals surface area (Å²) in [5.74, 6) is 2.50. The molecule has 0 spiro atoms. The molecule has 1 heterocycles. The first-order chi connectivity index (χ1) is 13.1. The van der Waals surface area contributed by atoms with E-state index < -0.39 is 0 Å². The fraction of sp³-hybridized carbons (Fsp3) is 0.286. The summed E-state index contributed by atoms with van der Waals surface area (Å²) in [6.45, 7) is 2.50. The number of ether oxygens (including phenoxy) is 4. The van der Waals surface area contributed by atoms with Crippen molar-refractivity contribution in [3.05, 3.63) is 47.8 Å². The van der Waals surface area contributed by atoms with Crippen LogP contribution in [0, 0.1) is 0 Å². The molecule has 3 aromatic rings. The largest absolute Gasteiger partial charge is 0.493 e. The molecule has 3 rings (SSSR count). The summed E-state index contributed by atoms with van der Waals surface area (Å²) in [5, 5.41) is 1.92. The lowest BCUT2D eigenvalue weighted by molar-refractivity contribution is 0.324. The van der Waals surface area contributed by atoms with Crippen molar-refractivity contribution in [2.75, 3.05) is 33.7 Å². The molecular formula is C21H25ClN2O4. The lowest BCUT2D eigenvalue weighted by atomic mass is 9.99. The van der Waals surface area contributed by atoms with Gasteiger partial charge in [-0.05, 0) is 48.1 Å². The monoisotopic (exact) mass is 404 g/mol. The Morgan fingerprint density at radius 1 is 0.893 bits per heavy atom. The average molecular weight is 405 g/mol. The first-order valence-corrected chi connectivity index (χ1v) is 8.69. The molecule has 150 valence electrons. The van der Waals surface area contributed by atoms with E-state index in [1.54, 1.807) is 27.5 Å². The molecule has 0 atom stereocenters. The second-order valence-corrected chi connectivity index (χ2v) is 6.01. The molecule has 2 aromatic carbocycles. The molecule has 0 amide bonds. The van der Waals surface area contributed by atoms with Gasteiger partial charge in [0.15, 0.2) is 11.5 Å². The Bertz CT molecular complexity index is 938. The lowest BCUT2D eigenvalue weighted by Gasteiger charge is -2.15. The normalized spacial score (nSPS) is 10.3. The predicted octanol–water partition coefficient (Wildman–Crippen LogP) is 4.25. The van der Waals surface area contributed by atoms with Crippen LogP contribution in [-0.4, -0.2) is 32.9 Å². The number of benzene rings is 2. The Labute approximate surface area is 171 Å². The number of nitrogens with zero attached hydrogens (tertiary/aromatic N) is 1. The topological polar surface area (TPSA) is 75.8 Å². The molecule has 0 saturated heterocycles. The van der Waals surface area contributed by atoms with Gasteiger partial charge in [0, 0.05) is 17.8 Å². The van der Waals surface area contributed by atoms with Gasteiger partial charge < -0.3 is 24.7 Å². The molecule has 0 saturated carbocycles. The smallest absolute Gasteiger partial charge is 0.203 e. The van der Waals surface area contributed by atoms with E-state index >= 15 is 0 Å². The zero-order chi connectivity index (χ0) is 19.4. The number of aromatic nitrogens is 1. The highest BCUT2D eigenvalue weighted by Crippen LogP contribution is 2.39. The summed E-state index contributed by atoms with van der Waals surface area (Å²) in [6, 6.07) is 7.81. The zero-order valence-corrected chi connectivity index (χ0v) is 17.3. The van der Waals surface area contributed by atoms with Crippen LogP contribution < -0.4 is 24.7 Å². The first kappa shape index (κ1) is 21.4. The van der Waals surface area contributed by atoms with Crippen molar-refractivity contribution in [1.82, 2.24) is 4.98 Å². The molecule has 7 heteroatoms. The number of rotatable bonds is 7. The number of nitrogens with two attached hydrogens (primary N) is 1. The minimum absolute atomic E-state index is 0. The van der Waals surface area contributed by atoms with Crippen LogP contribution in [0.15, 0.2) is 36.7 Å². The summed E-state index contributed by atoms with van der Waals surface area (Å²) in [7, 11) is 4.81. The SMILES string of the molecule is CCOc1ccc2c(Cc3cc(OC)c(OC)c(OC)c3)cncc2c1N.Cl. The van der Waals surface area contributed by atoms with Crippen LogP contribution in [0.3, 0.4) is 0 Å². The third kappa shape index (κ3) is 4.02. The molecule has 0 radical (unpaired) electrons. The number of fused-ring (bicyclic) bond motifs is 1. The second-order valence-electron chi connectivity index (χ2n) is 6.01. The second kappa shape index (κ2) is 9.37. The van der Waals surface area contributed by atoms with E-state index in [1.807, 2.05) is 37.4 Å². The van der Waals surface area contributed by atoms with E-state index in [-0.39, 0.29) is 12.4 Å². The molecule has 1 aromatic heterocycles. The number of hydrogen-bond acceptors (Lipinski definition) is 6. The first-order valence-electron chi connectivity index (χ1n) is 8.69. The van der Waals surface area contributed by atoms with Crippen molar-refractivity contribution in [3.63, 3.8) is 0 Å². The molecule has 28 heavy (non-hydrogen) atoms. The fourth-order valence-electron chi connectivity index (χ4n) is 3.19.